The Labute approximate surface area is 202 Å². The smallest absolute Gasteiger partial charge is 0.413 e. The lowest BCUT2D eigenvalue weighted by molar-refractivity contribution is 0.121. The highest BCUT2D eigenvalue weighted by Crippen LogP contribution is 2.27. The number of nitrogens with zero attached hydrogens (tertiary/aromatic N) is 5. The fourth-order valence-electron chi connectivity index (χ4n) is 3.75. The minimum Gasteiger partial charge on any atom is -0.441 e. The van der Waals surface area contributed by atoms with Crippen LogP contribution in [0.2, 0.25) is 5.02 Å². The molecule has 10 nitrogen and oxygen atoms in total. The van der Waals surface area contributed by atoms with Crippen molar-refractivity contribution in [3.05, 3.63) is 53.2 Å². The van der Waals surface area contributed by atoms with Gasteiger partial charge in [0.2, 0.25) is 0 Å². The predicted octanol–water partition coefficient (Wildman–Crippen LogP) is 4.71. The number of hydrogen-bond donors (Lipinski definition) is 2. The molecule has 2 atom stereocenters. The first-order valence-electron chi connectivity index (χ1n) is 11.0. The molecule has 1 aliphatic rings. The van der Waals surface area contributed by atoms with E-state index in [-0.39, 0.29) is 6.03 Å². The second kappa shape index (κ2) is 10.1. The summed E-state index contributed by atoms with van der Waals surface area (Å²) in [6.45, 7) is 5.36. The van der Waals surface area contributed by atoms with Gasteiger partial charge in [-0.25, -0.2) is 14.3 Å². The van der Waals surface area contributed by atoms with E-state index in [2.05, 4.69) is 32.9 Å². The van der Waals surface area contributed by atoms with Gasteiger partial charge in [-0.05, 0) is 37.5 Å². The molecule has 0 aliphatic carbocycles. The normalized spacial score (nSPS) is 16.2. The summed E-state index contributed by atoms with van der Waals surface area (Å²) >= 11 is 6.19. The predicted molar refractivity (Wildman–Crippen MR) is 129 cm³/mol. The van der Waals surface area contributed by atoms with Gasteiger partial charge in [-0.2, -0.15) is 0 Å². The Morgan fingerprint density at radius 3 is 2.68 bits per heavy atom. The molecule has 1 aromatic carbocycles. The maximum Gasteiger partial charge on any atom is 0.413 e. The molecule has 0 bridgehead atoms. The second-order valence-corrected chi connectivity index (χ2v) is 8.71. The molecule has 34 heavy (non-hydrogen) atoms. The summed E-state index contributed by atoms with van der Waals surface area (Å²) in [5.41, 5.74) is 2.12. The van der Waals surface area contributed by atoms with Crippen LogP contribution in [0, 0.1) is 5.92 Å². The molecule has 3 aromatic rings. The van der Waals surface area contributed by atoms with E-state index in [9.17, 15) is 9.59 Å². The number of halogens is 1. The molecular weight excluding hydrogens is 458 g/mol. The standard InChI is InChI=1S/C23H26ClN7O3/c1-14-10-11-31(13-14)22(32)26-16-8-9-19(25-12-16)20-21(30(3)29-28-20)27-23(33)34-15(2)17-6-4-5-7-18(17)24/h4-9,12,14-15H,10-11,13H2,1-3H3,(H,26,32)(H,27,33)/t14-,15-/m1/s1. The number of anilines is 2. The molecule has 0 unspecified atom stereocenters. The molecule has 1 fully saturated rings. The number of ether oxygens (including phenoxy) is 1. The van der Waals surface area contributed by atoms with E-state index in [1.54, 1.807) is 49.3 Å². The first kappa shape index (κ1) is 23.5. The van der Waals surface area contributed by atoms with Crippen molar-refractivity contribution >= 4 is 35.2 Å². The summed E-state index contributed by atoms with van der Waals surface area (Å²) < 4.78 is 6.90. The fourth-order valence-corrected chi connectivity index (χ4v) is 4.04. The molecular formula is C23H26ClN7O3. The Bertz CT molecular complexity index is 1180. The summed E-state index contributed by atoms with van der Waals surface area (Å²) in [6.07, 6.45) is 1.32. The van der Waals surface area contributed by atoms with Crippen LogP contribution in [0.4, 0.5) is 21.1 Å². The molecule has 4 rings (SSSR count). The van der Waals surface area contributed by atoms with Crippen LogP contribution in [0.5, 0.6) is 0 Å². The Balaban J connectivity index is 1.42. The number of nitrogens with one attached hydrogen (secondary N) is 2. The number of rotatable bonds is 5. The van der Waals surface area contributed by atoms with Crippen molar-refractivity contribution < 1.29 is 14.3 Å². The van der Waals surface area contributed by atoms with E-state index >= 15 is 0 Å². The number of aryl methyl sites for hydroxylation is 1. The monoisotopic (exact) mass is 483 g/mol. The van der Waals surface area contributed by atoms with Crippen LogP contribution in [0.25, 0.3) is 11.4 Å². The van der Waals surface area contributed by atoms with E-state index in [0.717, 1.165) is 19.5 Å². The third-order valence-corrected chi connectivity index (χ3v) is 5.99. The van der Waals surface area contributed by atoms with E-state index in [4.69, 9.17) is 16.3 Å². The number of carbonyl (C=O) groups excluding carboxylic acids is 2. The summed E-state index contributed by atoms with van der Waals surface area (Å²) in [7, 11) is 1.65. The molecule has 0 radical (unpaired) electrons. The third kappa shape index (κ3) is 5.28. The SMILES string of the molecule is C[C@@H]1CCN(C(=O)Nc2ccc(-c3nnn(C)c3NC(=O)O[C@H](C)c3ccccc3Cl)nc2)C1. The number of likely N-dealkylation sites (tertiary alicyclic amines) is 1. The lowest BCUT2D eigenvalue weighted by atomic mass is 10.1. The van der Waals surface area contributed by atoms with Crippen LogP contribution >= 0.6 is 11.6 Å². The van der Waals surface area contributed by atoms with Gasteiger partial charge in [0.25, 0.3) is 0 Å². The van der Waals surface area contributed by atoms with Crippen molar-refractivity contribution in [2.45, 2.75) is 26.4 Å². The van der Waals surface area contributed by atoms with Crippen molar-refractivity contribution in [2.24, 2.45) is 13.0 Å². The zero-order valence-corrected chi connectivity index (χ0v) is 19.9. The highest BCUT2D eigenvalue weighted by molar-refractivity contribution is 6.31. The molecule has 11 heteroatoms. The lowest BCUT2D eigenvalue weighted by Crippen LogP contribution is -2.32. The van der Waals surface area contributed by atoms with Crippen molar-refractivity contribution in [1.29, 1.82) is 0 Å². The van der Waals surface area contributed by atoms with Gasteiger partial charge in [-0.1, -0.05) is 41.9 Å². The van der Waals surface area contributed by atoms with Crippen molar-refractivity contribution in [2.75, 3.05) is 23.7 Å². The van der Waals surface area contributed by atoms with Gasteiger partial charge in [-0.3, -0.25) is 10.3 Å². The van der Waals surface area contributed by atoms with Crippen molar-refractivity contribution in [3.63, 3.8) is 0 Å². The van der Waals surface area contributed by atoms with Crippen molar-refractivity contribution in [1.82, 2.24) is 24.9 Å². The van der Waals surface area contributed by atoms with Gasteiger partial charge < -0.3 is 15.0 Å². The van der Waals surface area contributed by atoms with Crippen LogP contribution in [0.15, 0.2) is 42.6 Å². The van der Waals surface area contributed by atoms with Crippen LogP contribution in [-0.4, -0.2) is 50.1 Å². The summed E-state index contributed by atoms with van der Waals surface area (Å²) in [4.78, 5) is 31.1. The third-order valence-electron chi connectivity index (χ3n) is 5.64. The largest absolute Gasteiger partial charge is 0.441 e. The summed E-state index contributed by atoms with van der Waals surface area (Å²) in [6, 6.07) is 10.5. The van der Waals surface area contributed by atoms with Gasteiger partial charge in [-0.15, -0.1) is 5.10 Å². The van der Waals surface area contributed by atoms with Crippen LogP contribution < -0.4 is 10.6 Å². The summed E-state index contributed by atoms with van der Waals surface area (Å²) in [5, 5.41) is 14.2. The zero-order chi connectivity index (χ0) is 24.2. The minimum absolute atomic E-state index is 0.142. The highest BCUT2D eigenvalue weighted by Gasteiger charge is 2.24. The van der Waals surface area contributed by atoms with Gasteiger partial charge in [0.1, 0.15) is 6.10 Å². The minimum atomic E-state index is -0.678. The molecule has 3 heterocycles. The number of benzene rings is 1. The average molecular weight is 484 g/mol. The number of urea groups is 1. The molecule has 1 saturated heterocycles. The maximum atomic E-state index is 12.5. The number of carbonyl (C=O) groups is 2. The van der Waals surface area contributed by atoms with E-state index in [1.807, 2.05) is 12.1 Å². The topological polar surface area (TPSA) is 114 Å². The Morgan fingerprint density at radius 2 is 2.00 bits per heavy atom. The molecule has 0 spiro atoms. The Kier molecular flexibility index (Phi) is 6.97. The maximum absolute atomic E-state index is 12.5. The number of hydrogen-bond acceptors (Lipinski definition) is 6. The average Bonchev–Trinajstić information content (AvgIpc) is 3.40. The highest BCUT2D eigenvalue weighted by atomic mass is 35.5. The van der Waals surface area contributed by atoms with E-state index in [0.29, 0.717) is 39.4 Å². The Hall–Kier alpha value is -3.66. The molecule has 178 valence electrons. The Morgan fingerprint density at radius 1 is 1.21 bits per heavy atom. The molecule has 2 aromatic heterocycles. The van der Waals surface area contributed by atoms with Crippen molar-refractivity contribution in [3.8, 4) is 11.4 Å². The zero-order valence-electron chi connectivity index (χ0n) is 19.2. The van der Waals surface area contributed by atoms with Gasteiger partial charge in [0, 0.05) is 30.7 Å². The van der Waals surface area contributed by atoms with Gasteiger partial charge >= 0.3 is 12.1 Å². The van der Waals surface area contributed by atoms with Gasteiger partial charge in [0.05, 0.1) is 17.6 Å². The molecule has 0 saturated carbocycles. The second-order valence-electron chi connectivity index (χ2n) is 8.31. The number of amides is 3. The van der Waals surface area contributed by atoms with Crippen LogP contribution in [-0.2, 0) is 11.8 Å². The quantitative estimate of drug-likeness (QED) is 0.543. The van der Waals surface area contributed by atoms with Crippen LogP contribution in [0.3, 0.4) is 0 Å². The summed E-state index contributed by atoms with van der Waals surface area (Å²) in [5.74, 6) is 0.833. The van der Waals surface area contributed by atoms with Crippen LogP contribution in [0.1, 0.15) is 31.9 Å². The van der Waals surface area contributed by atoms with E-state index < -0.39 is 12.2 Å². The fraction of sp³-hybridized carbons (Fsp3) is 0.348. The number of pyridine rings is 1. The molecule has 2 N–H and O–H groups in total. The molecule has 1 aliphatic heterocycles. The lowest BCUT2D eigenvalue weighted by Gasteiger charge is -2.17. The number of aromatic nitrogens is 4. The first-order valence-corrected chi connectivity index (χ1v) is 11.3. The molecule has 3 amide bonds. The van der Waals surface area contributed by atoms with E-state index in [1.165, 1.54) is 4.68 Å². The first-order chi connectivity index (χ1) is 16.3. The van der Waals surface area contributed by atoms with Gasteiger partial charge in [0.15, 0.2) is 11.5 Å².